The van der Waals surface area contributed by atoms with Gasteiger partial charge >= 0.3 is 5.63 Å². The molecule has 1 aromatic heterocycles. The van der Waals surface area contributed by atoms with E-state index in [0.717, 1.165) is 22.3 Å². The van der Waals surface area contributed by atoms with E-state index in [9.17, 15) is 9.90 Å². The molecule has 4 nitrogen and oxygen atoms in total. The zero-order chi connectivity index (χ0) is 21.2. The van der Waals surface area contributed by atoms with Crippen LogP contribution in [0.5, 0.6) is 11.5 Å². The van der Waals surface area contributed by atoms with Crippen LogP contribution < -0.4 is 10.4 Å². The number of aromatic hydroxyl groups is 1. The Morgan fingerprint density at radius 3 is 2.39 bits per heavy atom. The standard InChI is InChI=1S/C26H20O4S/c27-23-22-13-19-11-12-20(29-15-17-7-3-1-4-8-17)14-21(19)24(22)30-26(28)25(23)31-16-18-9-5-2-6-10-18/h1-12,14,27H,13,15-16H2. The van der Waals surface area contributed by atoms with Crippen LogP contribution in [-0.4, -0.2) is 5.11 Å². The number of fused-ring (bicyclic) bond motifs is 3. The summed E-state index contributed by atoms with van der Waals surface area (Å²) in [4.78, 5) is 12.9. The van der Waals surface area contributed by atoms with Gasteiger partial charge in [-0.15, -0.1) is 11.8 Å². The quantitative estimate of drug-likeness (QED) is 0.347. The van der Waals surface area contributed by atoms with Gasteiger partial charge < -0.3 is 14.3 Å². The summed E-state index contributed by atoms with van der Waals surface area (Å²) in [5.74, 6) is 1.74. The number of rotatable bonds is 6. The van der Waals surface area contributed by atoms with Gasteiger partial charge in [0.25, 0.3) is 0 Å². The van der Waals surface area contributed by atoms with E-state index in [4.69, 9.17) is 9.15 Å². The number of benzene rings is 3. The first-order chi connectivity index (χ1) is 15.2. The Balaban J connectivity index is 1.40. The van der Waals surface area contributed by atoms with E-state index in [-0.39, 0.29) is 10.6 Å². The maximum atomic E-state index is 12.6. The smallest absolute Gasteiger partial charge is 0.353 e. The predicted molar refractivity (Wildman–Crippen MR) is 122 cm³/mol. The lowest BCUT2D eigenvalue weighted by molar-refractivity contribution is 0.306. The topological polar surface area (TPSA) is 59.7 Å². The Morgan fingerprint density at radius 1 is 0.935 bits per heavy atom. The van der Waals surface area contributed by atoms with Crippen LogP contribution >= 0.6 is 11.8 Å². The molecule has 5 heteroatoms. The van der Waals surface area contributed by atoms with Crippen LogP contribution in [-0.2, 0) is 18.8 Å². The highest BCUT2D eigenvalue weighted by molar-refractivity contribution is 7.98. The summed E-state index contributed by atoms with van der Waals surface area (Å²) in [6.45, 7) is 0.455. The van der Waals surface area contributed by atoms with Crippen LogP contribution in [0, 0.1) is 0 Å². The normalized spacial score (nSPS) is 11.7. The summed E-state index contributed by atoms with van der Waals surface area (Å²) in [6, 6.07) is 25.5. The van der Waals surface area contributed by atoms with Gasteiger partial charge in [-0.05, 0) is 28.8 Å². The van der Waals surface area contributed by atoms with Crippen molar-refractivity contribution in [3.8, 4) is 22.8 Å². The Kier molecular flexibility index (Phi) is 5.26. The molecule has 0 unspecified atom stereocenters. The summed E-state index contributed by atoms with van der Waals surface area (Å²) >= 11 is 1.30. The van der Waals surface area contributed by atoms with Gasteiger partial charge in [-0.2, -0.15) is 0 Å². The maximum absolute atomic E-state index is 12.6. The largest absolute Gasteiger partial charge is 0.506 e. The summed E-state index contributed by atoms with van der Waals surface area (Å²) in [7, 11) is 0. The van der Waals surface area contributed by atoms with Gasteiger partial charge in [-0.1, -0.05) is 66.7 Å². The van der Waals surface area contributed by atoms with Crippen molar-refractivity contribution in [2.45, 2.75) is 23.7 Å². The SMILES string of the molecule is O=c1oc2c(c(O)c1SCc1ccccc1)Cc1ccc(OCc3ccccc3)cc1-2. The maximum Gasteiger partial charge on any atom is 0.353 e. The van der Waals surface area contributed by atoms with Crippen molar-refractivity contribution in [1.82, 2.24) is 0 Å². The second-order valence-corrected chi connectivity index (χ2v) is 8.40. The highest BCUT2D eigenvalue weighted by atomic mass is 32.2. The Hall–Kier alpha value is -3.44. The zero-order valence-corrected chi connectivity index (χ0v) is 17.5. The van der Waals surface area contributed by atoms with Crippen LogP contribution in [0.15, 0.2) is 93.0 Å². The van der Waals surface area contributed by atoms with E-state index in [1.165, 1.54) is 11.8 Å². The molecule has 0 atom stereocenters. The van der Waals surface area contributed by atoms with Crippen molar-refractivity contribution in [1.29, 1.82) is 0 Å². The van der Waals surface area contributed by atoms with E-state index in [0.29, 0.717) is 35.9 Å². The summed E-state index contributed by atoms with van der Waals surface area (Å²) in [6.07, 6.45) is 0.526. The van der Waals surface area contributed by atoms with Crippen molar-refractivity contribution in [3.05, 3.63) is 112 Å². The minimum atomic E-state index is -0.513. The molecular formula is C26H20O4S. The molecule has 1 N–H and O–H groups in total. The average molecular weight is 429 g/mol. The third kappa shape index (κ3) is 3.97. The van der Waals surface area contributed by atoms with Crippen LogP contribution in [0.1, 0.15) is 22.3 Å². The van der Waals surface area contributed by atoms with Gasteiger partial charge in [-0.25, -0.2) is 4.79 Å². The van der Waals surface area contributed by atoms with Crippen molar-refractivity contribution < 1.29 is 14.3 Å². The third-order valence-electron chi connectivity index (χ3n) is 5.32. The fourth-order valence-electron chi connectivity index (χ4n) is 3.72. The molecule has 0 fully saturated rings. The molecule has 0 saturated carbocycles. The fourth-order valence-corrected chi connectivity index (χ4v) is 4.65. The molecule has 4 aromatic rings. The molecule has 31 heavy (non-hydrogen) atoms. The monoisotopic (exact) mass is 428 g/mol. The Bertz CT molecular complexity index is 1280. The van der Waals surface area contributed by atoms with Gasteiger partial charge in [-0.3, -0.25) is 0 Å². The first-order valence-corrected chi connectivity index (χ1v) is 11.0. The van der Waals surface area contributed by atoms with Gasteiger partial charge in [0, 0.05) is 23.3 Å². The molecule has 1 aliphatic carbocycles. The number of ether oxygens (including phenoxy) is 1. The van der Waals surface area contributed by atoms with Crippen LogP contribution in [0.3, 0.4) is 0 Å². The van der Waals surface area contributed by atoms with Crippen molar-refractivity contribution in [3.63, 3.8) is 0 Å². The third-order valence-corrected chi connectivity index (χ3v) is 6.45. The lowest BCUT2D eigenvalue weighted by Gasteiger charge is -2.09. The first kappa shape index (κ1) is 19.5. The van der Waals surface area contributed by atoms with E-state index in [1.54, 1.807) is 0 Å². The van der Waals surface area contributed by atoms with Crippen molar-refractivity contribution in [2.24, 2.45) is 0 Å². The summed E-state index contributed by atoms with van der Waals surface area (Å²) in [5, 5.41) is 10.8. The first-order valence-electron chi connectivity index (χ1n) is 10.0. The molecule has 0 saturated heterocycles. The van der Waals surface area contributed by atoms with Crippen molar-refractivity contribution in [2.75, 3.05) is 0 Å². The second kappa shape index (κ2) is 8.36. The van der Waals surface area contributed by atoms with Gasteiger partial charge in [0.05, 0.1) is 0 Å². The second-order valence-electron chi connectivity index (χ2n) is 7.42. The zero-order valence-electron chi connectivity index (χ0n) is 16.7. The van der Waals surface area contributed by atoms with Gasteiger partial charge in [0.2, 0.25) is 0 Å². The minimum absolute atomic E-state index is 0.0233. The van der Waals surface area contributed by atoms with E-state index >= 15 is 0 Å². The molecule has 1 heterocycles. The Labute approximate surface area is 184 Å². The van der Waals surface area contributed by atoms with Gasteiger partial charge in [0.1, 0.15) is 28.8 Å². The molecule has 0 radical (unpaired) electrons. The van der Waals surface area contributed by atoms with E-state index in [2.05, 4.69) is 0 Å². The van der Waals surface area contributed by atoms with Gasteiger partial charge in [0.15, 0.2) is 0 Å². The lowest BCUT2D eigenvalue weighted by Crippen LogP contribution is -2.05. The molecule has 0 spiro atoms. The predicted octanol–water partition coefficient (Wildman–Crippen LogP) is 5.79. The molecule has 0 bridgehead atoms. The number of hydrogen-bond acceptors (Lipinski definition) is 5. The average Bonchev–Trinajstić information content (AvgIpc) is 3.17. The van der Waals surface area contributed by atoms with Crippen LogP contribution in [0.4, 0.5) is 0 Å². The minimum Gasteiger partial charge on any atom is -0.506 e. The summed E-state index contributed by atoms with van der Waals surface area (Å²) in [5.41, 5.74) is 4.10. The van der Waals surface area contributed by atoms with Crippen LogP contribution in [0.2, 0.25) is 0 Å². The number of thioether (sulfide) groups is 1. The van der Waals surface area contributed by atoms with E-state index in [1.807, 2.05) is 78.9 Å². The Morgan fingerprint density at radius 2 is 1.65 bits per heavy atom. The molecule has 3 aromatic carbocycles. The molecule has 0 aliphatic heterocycles. The molecule has 154 valence electrons. The number of hydrogen-bond donors (Lipinski definition) is 1. The van der Waals surface area contributed by atoms with E-state index < -0.39 is 5.63 Å². The molecular weight excluding hydrogens is 408 g/mol. The molecule has 0 amide bonds. The highest BCUT2D eigenvalue weighted by Gasteiger charge is 2.28. The summed E-state index contributed by atoms with van der Waals surface area (Å²) < 4.78 is 11.6. The van der Waals surface area contributed by atoms with Crippen molar-refractivity contribution >= 4 is 11.8 Å². The van der Waals surface area contributed by atoms with Crippen LogP contribution in [0.25, 0.3) is 11.3 Å². The fraction of sp³-hybridized carbons (Fsp3) is 0.115. The lowest BCUT2D eigenvalue weighted by atomic mass is 10.1. The molecule has 5 rings (SSSR count). The molecule has 1 aliphatic rings. The highest BCUT2D eigenvalue weighted by Crippen LogP contribution is 2.44.